The van der Waals surface area contributed by atoms with Crippen LogP contribution in [-0.4, -0.2) is 43.8 Å². The Bertz CT molecular complexity index is 542. The van der Waals surface area contributed by atoms with Crippen LogP contribution in [0.5, 0.6) is 11.5 Å². The summed E-state index contributed by atoms with van der Waals surface area (Å²) >= 11 is 0. The first kappa shape index (κ1) is 16.0. The molecule has 22 heavy (non-hydrogen) atoms. The summed E-state index contributed by atoms with van der Waals surface area (Å²) in [5.41, 5.74) is -0.105. The number of carbonyl (C=O) groups excluding carboxylic acids is 1. The van der Waals surface area contributed by atoms with E-state index in [-0.39, 0.29) is 35.8 Å². The van der Waals surface area contributed by atoms with E-state index in [0.717, 1.165) is 19.4 Å². The second kappa shape index (κ2) is 7.60. The number of benzene rings is 1. The smallest absolute Gasteiger partial charge is 0.273 e. The first-order valence-corrected chi connectivity index (χ1v) is 6.93. The van der Waals surface area contributed by atoms with Gasteiger partial charge in [0, 0.05) is 19.2 Å². The number of ether oxygens (including phenoxy) is 3. The summed E-state index contributed by atoms with van der Waals surface area (Å²) in [6, 6.07) is 3.95. The Morgan fingerprint density at radius 1 is 1.50 bits per heavy atom. The van der Waals surface area contributed by atoms with Gasteiger partial charge in [-0.2, -0.15) is 0 Å². The van der Waals surface area contributed by atoms with Gasteiger partial charge in [0.15, 0.2) is 18.1 Å². The highest BCUT2D eigenvalue weighted by Gasteiger charge is 2.17. The van der Waals surface area contributed by atoms with E-state index >= 15 is 0 Å². The van der Waals surface area contributed by atoms with E-state index in [4.69, 9.17) is 14.2 Å². The monoisotopic (exact) mass is 310 g/mol. The number of nitrogens with zero attached hydrogens (tertiary/aromatic N) is 1. The molecule has 8 nitrogen and oxygen atoms in total. The summed E-state index contributed by atoms with van der Waals surface area (Å²) in [5.74, 6) is 0.206. The van der Waals surface area contributed by atoms with Gasteiger partial charge in [0.25, 0.3) is 11.6 Å². The van der Waals surface area contributed by atoms with Crippen LogP contribution in [-0.2, 0) is 9.53 Å². The van der Waals surface area contributed by atoms with Crippen LogP contribution in [0.25, 0.3) is 0 Å². The number of methoxy groups -OCH3 is 1. The zero-order valence-electron chi connectivity index (χ0n) is 12.2. The van der Waals surface area contributed by atoms with Crippen molar-refractivity contribution in [3.05, 3.63) is 28.3 Å². The predicted molar refractivity (Wildman–Crippen MR) is 77.1 cm³/mol. The molecule has 8 heteroatoms. The standard InChI is InChI=1S/C14H18N2O6/c1-20-13-7-10(16(18)19)4-5-12(13)22-9-14(17)15-8-11-3-2-6-21-11/h4-5,7,11H,2-3,6,8-9H2,1H3,(H,15,17)/t11-/m1/s1. The third kappa shape index (κ3) is 4.32. The van der Waals surface area contributed by atoms with Crippen molar-refractivity contribution in [1.29, 1.82) is 0 Å². The van der Waals surface area contributed by atoms with E-state index in [1.807, 2.05) is 0 Å². The van der Waals surface area contributed by atoms with Crippen LogP contribution in [0.3, 0.4) is 0 Å². The summed E-state index contributed by atoms with van der Waals surface area (Å²) < 4.78 is 15.8. The topological polar surface area (TPSA) is 99.9 Å². The minimum atomic E-state index is -0.527. The molecule has 0 bridgehead atoms. The van der Waals surface area contributed by atoms with Gasteiger partial charge in [-0.1, -0.05) is 0 Å². The SMILES string of the molecule is COc1cc([N+](=O)[O-])ccc1OCC(=O)NC[C@H]1CCCO1. The number of nitro groups is 1. The van der Waals surface area contributed by atoms with Crippen molar-refractivity contribution in [1.82, 2.24) is 5.32 Å². The molecule has 1 aromatic carbocycles. The largest absolute Gasteiger partial charge is 0.493 e. The van der Waals surface area contributed by atoms with E-state index < -0.39 is 4.92 Å². The van der Waals surface area contributed by atoms with Gasteiger partial charge < -0.3 is 19.5 Å². The average molecular weight is 310 g/mol. The molecule has 1 amide bonds. The number of nitrogens with one attached hydrogen (secondary N) is 1. The van der Waals surface area contributed by atoms with Gasteiger partial charge in [-0.25, -0.2) is 0 Å². The van der Waals surface area contributed by atoms with Crippen LogP contribution in [0.15, 0.2) is 18.2 Å². The van der Waals surface area contributed by atoms with Crippen molar-refractivity contribution in [2.75, 3.05) is 26.9 Å². The third-order valence-electron chi connectivity index (χ3n) is 3.27. The average Bonchev–Trinajstić information content (AvgIpc) is 3.04. The Labute approximate surface area is 127 Å². The molecule has 1 atom stereocenters. The number of non-ortho nitro benzene ring substituents is 1. The molecular formula is C14H18N2O6. The van der Waals surface area contributed by atoms with Gasteiger partial charge in [0.1, 0.15) is 0 Å². The van der Waals surface area contributed by atoms with Crippen molar-refractivity contribution in [3.8, 4) is 11.5 Å². The number of rotatable bonds is 7. The number of amides is 1. The van der Waals surface area contributed by atoms with E-state index in [1.54, 1.807) is 0 Å². The number of carbonyl (C=O) groups is 1. The first-order chi connectivity index (χ1) is 10.6. The third-order valence-corrected chi connectivity index (χ3v) is 3.27. The highest BCUT2D eigenvalue weighted by molar-refractivity contribution is 5.77. The molecule has 0 spiro atoms. The molecule has 1 fully saturated rings. The molecule has 1 saturated heterocycles. The van der Waals surface area contributed by atoms with Gasteiger partial charge in [0.2, 0.25) is 0 Å². The lowest BCUT2D eigenvalue weighted by Gasteiger charge is -2.12. The number of nitro benzene ring substituents is 1. The van der Waals surface area contributed by atoms with Gasteiger partial charge in [0.05, 0.1) is 24.2 Å². The minimum absolute atomic E-state index is 0.0675. The number of hydrogen-bond acceptors (Lipinski definition) is 6. The van der Waals surface area contributed by atoms with E-state index in [2.05, 4.69) is 5.32 Å². The second-order valence-electron chi connectivity index (χ2n) is 4.82. The van der Waals surface area contributed by atoms with E-state index in [0.29, 0.717) is 6.54 Å². The zero-order chi connectivity index (χ0) is 15.9. The lowest BCUT2D eigenvalue weighted by Crippen LogP contribution is -2.35. The Morgan fingerprint density at radius 2 is 2.32 bits per heavy atom. The van der Waals surface area contributed by atoms with Crippen LogP contribution in [0.1, 0.15) is 12.8 Å². The molecule has 1 aromatic rings. The Hall–Kier alpha value is -2.35. The molecule has 0 saturated carbocycles. The fraction of sp³-hybridized carbons (Fsp3) is 0.500. The van der Waals surface area contributed by atoms with Crippen LogP contribution < -0.4 is 14.8 Å². The van der Waals surface area contributed by atoms with Crippen LogP contribution >= 0.6 is 0 Å². The molecule has 0 aromatic heterocycles. The van der Waals surface area contributed by atoms with Crippen molar-refractivity contribution in [3.63, 3.8) is 0 Å². The van der Waals surface area contributed by atoms with E-state index in [1.165, 1.54) is 25.3 Å². The number of hydrogen-bond donors (Lipinski definition) is 1. The van der Waals surface area contributed by atoms with Crippen molar-refractivity contribution in [2.45, 2.75) is 18.9 Å². The summed E-state index contributed by atoms with van der Waals surface area (Å²) in [6.07, 6.45) is 2.02. The Morgan fingerprint density at radius 3 is 2.95 bits per heavy atom. The highest BCUT2D eigenvalue weighted by Crippen LogP contribution is 2.30. The molecule has 0 aliphatic carbocycles. The van der Waals surface area contributed by atoms with Crippen LogP contribution in [0.2, 0.25) is 0 Å². The molecule has 1 aliphatic rings. The highest BCUT2D eigenvalue weighted by atomic mass is 16.6. The molecule has 2 rings (SSSR count). The molecule has 120 valence electrons. The lowest BCUT2D eigenvalue weighted by molar-refractivity contribution is -0.384. The van der Waals surface area contributed by atoms with Gasteiger partial charge in [-0.15, -0.1) is 0 Å². The first-order valence-electron chi connectivity index (χ1n) is 6.93. The van der Waals surface area contributed by atoms with Gasteiger partial charge in [-0.05, 0) is 18.9 Å². The van der Waals surface area contributed by atoms with Crippen molar-refractivity contribution >= 4 is 11.6 Å². The summed E-state index contributed by atoms with van der Waals surface area (Å²) in [7, 11) is 1.38. The normalized spacial score (nSPS) is 17.0. The fourth-order valence-corrected chi connectivity index (χ4v) is 2.12. The summed E-state index contributed by atoms with van der Waals surface area (Å²) in [6.45, 7) is 0.998. The summed E-state index contributed by atoms with van der Waals surface area (Å²) in [5, 5.41) is 13.4. The van der Waals surface area contributed by atoms with E-state index in [9.17, 15) is 14.9 Å². The molecule has 1 aliphatic heterocycles. The molecule has 1 N–H and O–H groups in total. The Balaban J connectivity index is 1.84. The maximum absolute atomic E-state index is 11.7. The molecule has 0 radical (unpaired) electrons. The van der Waals surface area contributed by atoms with Crippen molar-refractivity contribution in [2.24, 2.45) is 0 Å². The minimum Gasteiger partial charge on any atom is -0.493 e. The lowest BCUT2D eigenvalue weighted by atomic mass is 10.2. The molecular weight excluding hydrogens is 292 g/mol. The predicted octanol–water partition coefficient (Wildman–Crippen LogP) is 1.28. The second-order valence-corrected chi connectivity index (χ2v) is 4.82. The van der Waals surface area contributed by atoms with Gasteiger partial charge >= 0.3 is 0 Å². The van der Waals surface area contributed by atoms with Crippen molar-refractivity contribution < 1.29 is 23.9 Å². The van der Waals surface area contributed by atoms with Gasteiger partial charge in [-0.3, -0.25) is 14.9 Å². The zero-order valence-corrected chi connectivity index (χ0v) is 12.2. The van der Waals surface area contributed by atoms with Crippen LogP contribution in [0.4, 0.5) is 5.69 Å². The quantitative estimate of drug-likeness (QED) is 0.601. The summed E-state index contributed by atoms with van der Waals surface area (Å²) in [4.78, 5) is 21.9. The molecule has 1 heterocycles. The fourth-order valence-electron chi connectivity index (χ4n) is 2.12. The maximum atomic E-state index is 11.7. The van der Waals surface area contributed by atoms with Crippen LogP contribution in [0, 0.1) is 10.1 Å². The maximum Gasteiger partial charge on any atom is 0.273 e. The molecule has 0 unspecified atom stereocenters. The Kier molecular flexibility index (Phi) is 5.54.